The number of aromatic nitrogens is 1. The van der Waals surface area contributed by atoms with Gasteiger partial charge in [0.05, 0.1) is 4.90 Å². The molecule has 2 nitrogen and oxygen atoms in total. The third-order valence-electron chi connectivity index (χ3n) is 2.33. The quantitative estimate of drug-likeness (QED) is 0.905. The van der Waals surface area contributed by atoms with Gasteiger partial charge in [-0.3, -0.25) is 0 Å². The third-order valence-corrected chi connectivity index (χ3v) is 3.42. The lowest BCUT2D eigenvalue weighted by molar-refractivity contribution is 0.591. The zero-order chi connectivity index (χ0) is 12.3. The second kappa shape index (κ2) is 5.29. The molecule has 2 rings (SSSR count). The van der Waals surface area contributed by atoms with Crippen molar-refractivity contribution in [1.82, 2.24) is 4.98 Å². The maximum Gasteiger partial charge on any atom is 0.137 e. The lowest BCUT2D eigenvalue weighted by Gasteiger charge is -2.12. The third kappa shape index (κ3) is 2.84. The second-order valence-corrected chi connectivity index (χ2v) is 4.75. The molecule has 17 heavy (non-hydrogen) atoms. The number of hydrogen-bond donors (Lipinski definition) is 1. The van der Waals surface area contributed by atoms with Crippen LogP contribution < -0.4 is 5.73 Å². The Morgan fingerprint density at radius 1 is 1.24 bits per heavy atom. The first kappa shape index (κ1) is 12.1. The van der Waals surface area contributed by atoms with Gasteiger partial charge < -0.3 is 5.73 Å². The highest BCUT2D eigenvalue weighted by molar-refractivity contribution is 7.99. The summed E-state index contributed by atoms with van der Waals surface area (Å²) < 4.78 is 13.8. The zero-order valence-corrected chi connectivity index (χ0v) is 10.2. The summed E-state index contributed by atoms with van der Waals surface area (Å²) in [5, 5.41) is 0.763. The van der Waals surface area contributed by atoms with Crippen LogP contribution in [0.3, 0.4) is 0 Å². The fourth-order valence-electron chi connectivity index (χ4n) is 1.50. The van der Waals surface area contributed by atoms with Crippen molar-refractivity contribution in [1.29, 1.82) is 0 Å². The molecule has 0 bridgehead atoms. The van der Waals surface area contributed by atoms with E-state index in [1.54, 1.807) is 12.3 Å². The first-order valence-corrected chi connectivity index (χ1v) is 6.13. The summed E-state index contributed by atoms with van der Waals surface area (Å²) in [4.78, 5) is 4.73. The Labute approximate surface area is 104 Å². The molecular weight excluding hydrogens is 235 g/mol. The minimum absolute atomic E-state index is 0.197. The molecule has 0 radical (unpaired) electrons. The summed E-state index contributed by atoms with van der Waals surface area (Å²) in [6.45, 7) is 1.84. The summed E-state index contributed by atoms with van der Waals surface area (Å²) in [7, 11) is 0. The van der Waals surface area contributed by atoms with Crippen molar-refractivity contribution in [2.45, 2.75) is 22.9 Å². The van der Waals surface area contributed by atoms with E-state index in [4.69, 9.17) is 5.73 Å². The Bertz CT molecular complexity index is 500. The van der Waals surface area contributed by atoms with Crippen LogP contribution in [0.4, 0.5) is 4.39 Å². The van der Waals surface area contributed by atoms with Crippen LogP contribution in [-0.2, 0) is 0 Å². The average molecular weight is 248 g/mol. The highest BCUT2D eigenvalue weighted by Gasteiger charge is 2.13. The molecule has 0 aliphatic rings. The topological polar surface area (TPSA) is 38.9 Å². The van der Waals surface area contributed by atoms with E-state index in [1.807, 2.05) is 31.2 Å². The Kier molecular flexibility index (Phi) is 3.76. The molecule has 1 aromatic heterocycles. The highest BCUT2D eigenvalue weighted by atomic mass is 32.2. The largest absolute Gasteiger partial charge is 0.324 e. The molecule has 0 aliphatic heterocycles. The molecule has 88 valence electrons. The van der Waals surface area contributed by atoms with Gasteiger partial charge in [-0.05, 0) is 30.7 Å². The number of rotatable bonds is 3. The van der Waals surface area contributed by atoms with E-state index >= 15 is 0 Å². The molecule has 0 amide bonds. The normalized spacial score (nSPS) is 12.4. The van der Waals surface area contributed by atoms with Crippen molar-refractivity contribution in [3.63, 3.8) is 0 Å². The first-order chi connectivity index (χ1) is 8.18. The predicted molar refractivity (Wildman–Crippen MR) is 67.4 cm³/mol. The van der Waals surface area contributed by atoms with E-state index in [2.05, 4.69) is 4.98 Å². The van der Waals surface area contributed by atoms with Crippen LogP contribution in [0.2, 0.25) is 0 Å². The van der Waals surface area contributed by atoms with Crippen LogP contribution in [0.15, 0.2) is 52.5 Å². The van der Waals surface area contributed by atoms with Gasteiger partial charge in [0.2, 0.25) is 0 Å². The molecule has 2 N–H and O–H groups in total. The molecule has 1 aromatic carbocycles. The summed E-state index contributed by atoms with van der Waals surface area (Å²) in [5.41, 5.74) is 6.64. The Morgan fingerprint density at radius 3 is 2.71 bits per heavy atom. The fraction of sp³-hybridized carbons (Fsp3) is 0.154. The molecule has 4 heteroatoms. The molecule has 0 saturated heterocycles. The predicted octanol–water partition coefficient (Wildman–Crippen LogP) is 3.39. The molecule has 1 unspecified atom stereocenters. The molecule has 0 saturated carbocycles. The lowest BCUT2D eigenvalue weighted by Crippen LogP contribution is -2.07. The van der Waals surface area contributed by atoms with E-state index in [1.165, 1.54) is 17.8 Å². The number of benzene rings is 1. The van der Waals surface area contributed by atoms with Gasteiger partial charge in [-0.2, -0.15) is 0 Å². The van der Waals surface area contributed by atoms with Gasteiger partial charge in [0, 0.05) is 12.2 Å². The molecule has 0 aliphatic carbocycles. The summed E-state index contributed by atoms with van der Waals surface area (Å²) in [5.74, 6) is -0.254. The van der Waals surface area contributed by atoms with Gasteiger partial charge in [0.1, 0.15) is 10.8 Å². The number of halogens is 1. The van der Waals surface area contributed by atoms with Crippen LogP contribution >= 0.6 is 11.8 Å². The van der Waals surface area contributed by atoms with E-state index in [0.717, 1.165) is 10.6 Å². The lowest BCUT2D eigenvalue weighted by atomic mass is 10.1. The standard InChI is InChI=1S/C13H13FN2S/c1-9(15)10-5-4-6-11(14)13(10)17-12-7-2-3-8-16-12/h2-9H,15H2,1H3. The van der Waals surface area contributed by atoms with E-state index in [0.29, 0.717) is 4.90 Å². The molecule has 1 atom stereocenters. The Hall–Kier alpha value is -1.39. The van der Waals surface area contributed by atoms with E-state index in [-0.39, 0.29) is 11.9 Å². The highest BCUT2D eigenvalue weighted by Crippen LogP contribution is 2.33. The van der Waals surface area contributed by atoms with Crippen molar-refractivity contribution in [2.24, 2.45) is 5.73 Å². The van der Waals surface area contributed by atoms with Crippen molar-refractivity contribution in [3.05, 3.63) is 54.0 Å². The van der Waals surface area contributed by atoms with Gasteiger partial charge in [0.15, 0.2) is 0 Å². The fourth-order valence-corrected chi connectivity index (χ4v) is 2.51. The van der Waals surface area contributed by atoms with Crippen molar-refractivity contribution >= 4 is 11.8 Å². The van der Waals surface area contributed by atoms with Crippen LogP contribution in [0.1, 0.15) is 18.5 Å². The molecule has 0 spiro atoms. The molecule has 2 aromatic rings. The van der Waals surface area contributed by atoms with Crippen molar-refractivity contribution in [3.8, 4) is 0 Å². The van der Waals surface area contributed by atoms with Gasteiger partial charge >= 0.3 is 0 Å². The average Bonchev–Trinajstić information content (AvgIpc) is 2.33. The summed E-state index contributed by atoms with van der Waals surface area (Å²) >= 11 is 1.30. The van der Waals surface area contributed by atoms with Gasteiger partial charge in [-0.15, -0.1) is 0 Å². The van der Waals surface area contributed by atoms with Gasteiger partial charge in [-0.25, -0.2) is 9.37 Å². The first-order valence-electron chi connectivity index (χ1n) is 5.31. The number of nitrogens with two attached hydrogens (primary N) is 1. The maximum absolute atomic E-state index is 13.8. The van der Waals surface area contributed by atoms with Crippen molar-refractivity contribution in [2.75, 3.05) is 0 Å². The zero-order valence-electron chi connectivity index (χ0n) is 9.43. The number of nitrogens with zero attached hydrogens (tertiary/aromatic N) is 1. The number of pyridine rings is 1. The van der Waals surface area contributed by atoms with Crippen molar-refractivity contribution < 1.29 is 4.39 Å². The van der Waals surface area contributed by atoms with Crippen LogP contribution in [0, 0.1) is 5.82 Å². The molecular formula is C13H13FN2S. The maximum atomic E-state index is 13.8. The van der Waals surface area contributed by atoms with Crippen LogP contribution in [0.5, 0.6) is 0 Å². The van der Waals surface area contributed by atoms with Crippen LogP contribution in [0.25, 0.3) is 0 Å². The minimum atomic E-state index is -0.254. The SMILES string of the molecule is CC(N)c1cccc(F)c1Sc1ccccn1. The van der Waals surface area contributed by atoms with E-state index in [9.17, 15) is 4.39 Å². The minimum Gasteiger partial charge on any atom is -0.324 e. The van der Waals surface area contributed by atoms with Gasteiger partial charge in [0.25, 0.3) is 0 Å². The second-order valence-electron chi connectivity index (χ2n) is 3.72. The Morgan fingerprint density at radius 2 is 2.06 bits per heavy atom. The van der Waals surface area contributed by atoms with Crippen LogP contribution in [-0.4, -0.2) is 4.98 Å². The monoisotopic (exact) mass is 248 g/mol. The van der Waals surface area contributed by atoms with E-state index < -0.39 is 0 Å². The summed E-state index contributed by atoms with van der Waals surface area (Å²) in [6.07, 6.45) is 1.69. The Balaban J connectivity index is 2.38. The molecule has 1 heterocycles. The smallest absolute Gasteiger partial charge is 0.137 e. The van der Waals surface area contributed by atoms with Gasteiger partial charge in [-0.1, -0.05) is 30.0 Å². The molecule has 0 fully saturated rings. The number of hydrogen-bond acceptors (Lipinski definition) is 3. The summed E-state index contributed by atoms with van der Waals surface area (Å²) in [6, 6.07) is 10.3.